The smallest absolute Gasteiger partial charge is 0.356 e. The van der Waals surface area contributed by atoms with Gasteiger partial charge in [-0.15, -0.1) is 0 Å². The highest BCUT2D eigenvalue weighted by Crippen LogP contribution is 2.37. The fraction of sp³-hybridized carbons (Fsp3) is 0.556. The summed E-state index contributed by atoms with van der Waals surface area (Å²) in [5, 5.41) is 8.83. The first-order chi connectivity index (χ1) is 6.11. The zero-order valence-corrected chi connectivity index (χ0v) is 7.74. The van der Waals surface area contributed by atoms with Gasteiger partial charge in [-0.05, 0) is 26.7 Å². The summed E-state index contributed by atoms with van der Waals surface area (Å²) in [6.45, 7) is 3.68. The Bertz CT molecular complexity index is 364. The second kappa shape index (κ2) is 2.58. The van der Waals surface area contributed by atoms with Crippen LogP contribution in [0.4, 0.5) is 0 Å². The number of carboxylic acids is 1. The van der Waals surface area contributed by atoms with Crippen LogP contribution in [0.2, 0.25) is 0 Å². The van der Waals surface area contributed by atoms with Gasteiger partial charge in [0, 0.05) is 11.7 Å². The largest absolute Gasteiger partial charge is 0.476 e. The van der Waals surface area contributed by atoms with Crippen LogP contribution in [-0.2, 0) is 0 Å². The number of rotatable bonds is 2. The molecule has 0 aliphatic heterocycles. The fourth-order valence-corrected chi connectivity index (χ4v) is 1.73. The van der Waals surface area contributed by atoms with Gasteiger partial charge in [0.2, 0.25) is 0 Å². The molecule has 0 radical (unpaired) electrons. The molecule has 0 amide bonds. The summed E-state index contributed by atoms with van der Waals surface area (Å²) in [7, 11) is 0. The van der Waals surface area contributed by atoms with Gasteiger partial charge >= 0.3 is 5.97 Å². The topological polar surface area (TPSA) is 55.1 Å². The van der Waals surface area contributed by atoms with Crippen molar-refractivity contribution in [3.05, 3.63) is 17.2 Å². The highest BCUT2D eigenvalue weighted by Gasteiger charge is 2.29. The van der Waals surface area contributed by atoms with Crippen LogP contribution < -0.4 is 0 Å². The van der Waals surface area contributed by atoms with Crippen LogP contribution in [0.1, 0.15) is 40.9 Å². The maximum Gasteiger partial charge on any atom is 0.356 e. The molecule has 1 aliphatic carbocycles. The Kier molecular flexibility index (Phi) is 1.65. The van der Waals surface area contributed by atoms with E-state index < -0.39 is 5.97 Å². The second-order valence-corrected chi connectivity index (χ2v) is 3.50. The molecule has 0 spiro atoms. The van der Waals surface area contributed by atoms with E-state index in [0.717, 1.165) is 24.4 Å². The van der Waals surface area contributed by atoms with E-state index in [0.29, 0.717) is 6.04 Å². The molecule has 1 saturated carbocycles. The molecule has 1 fully saturated rings. The molecule has 0 unspecified atom stereocenters. The van der Waals surface area contributed by atoms with E-state index in [9.17, 15) is 4.79 Å². The van der Waals surface area contributed by atoms with Crippen LogP contribution in [0.5, 0.6) is 0 Å². The number of hydrogen-bond donors (Lipinski definition) is 1. The molecule has 0 atom stereocenters. The third-order valence-corrected chi connectivity index (χ3v) is 2.44. The van der Waals surface area contributed by atoms with Gasteiger partial charge in [-0.1, -0.05) is 0 Å². The molecule has 70 valence electrons. The van der Waals surface area contributed by atoms with Crippen LogP contribution in [0.25, 0.3) is 0 Å². The van der Waals surface area contributed by atoms with Crippen LogP contribution >= 0.6 is 0 Å². The van der Waals surface area contributed by atoms with Gasteiger partial charge in [-0.3, -0.25) is 0 Å². The molecule has 4 nitrogen and oxygen atoms in total. The quantitative estimate of drug-likeness (QED) is 0.750. The number of aryl methyl sites for hydroxylation is 1. The first-order valence-corrected chi connectivity index (χ1v) is 4.40. The molecule has 1 heterocycles. The van der Waals surface area contributed by atoms with Gasteiger partial charge in [-0.2, -0.15) is 0 Å². The Morgan fingerprint density at radius 1 is 1.54 bits per heavy atom. The molecule has 1 aliphatic rings. The SMILES string of the molecule is Cc1nc(C(=O)O)c(C)n1C1CC1. The van der Waals surface area contributed by atoms with Crippen molar-refractivity contribution in [2.24, 2.45) is 0 Å². The number of aromatic carboxylic acids is 1. The zero-order chi connectivity index (χ0) is 9.59. The third kappa shape index (κ3) is 1.22. The standard InChI is InChI=1S/C9H12N2O2/c1-5-8(9(12)13)10-6(2)11(5)7-3-4-7/h7H,3-4H2,1-2H3,(H,12,13). The summed E-state index contributed by atoms with van der Waals surface area (Å²) < 4.78 is 2.03. The van der Waals surface area contributed by atoms with Gasteiger partial charge < -0.3 is 9.67 Å². The van der Waals surface area contributed by atoms with Gasteiger partial charge in [0.1, 0.15) is 5.82 Å². The normalized spacial score (nSPS) is 16.2. The van der Waals surface area contributed by atoms with Gasteiger partial charge in [-0.25, -0.2) is 9.78 Å². The van der Waals surface area contributed by atoms with Crippen molar-refractivity contribution in [2.45, 2.75) is 32.7 Å². The monoisotopic (exact) mass is 180 g/mol. The molecule has 2 rings (SSSR count). The minimum absolute atomic E-state index is 0.199. The van der Waals surface area contributed by atoms with Crippen molar-refractivity contribution < 1.29 is 9.90 Å². The van der Waals surface area contributed by atoms with Crippen molar-refractivity contribution in [1.82, 2.24) is 9.55 Å². The Morgan fingerprint density at radius 2 is 2.15 bits per heavy atom. The van der Waals surface area contributed by atoms with Gasteiger partial charge in [0.05, 0.1) is 0 Å². The molecule has 1 aromatic heterocycles. The maximum atomic E-state index is 10.8. The van der Waals surface area contributed by atoms with Crippen molar-refractivity contribution in [2.75, 3.05) is 0 Å². The van der Waals surface area contributed by atoms with E-state index in [4.69, 9.17) is 5.11 Å². The Balaban J connectivity index is 2.50. The lowest BCUT2D eigenvalue weighted by atomic mass is 10.3. The van der Waals surface area contributed by atoms with Crippen LogP contribution in [0.15, 0.2) is 0 Å². The lowest BCUT2D eigenvalue weighted by Gasteiger charge is -2.03. The zero-order valence-electron chi connectivity index (χ0n) is 7.74. The first kappa shape index (κ1) is 8.29. The summed E-state index contributed by atoms with van der Waals surface area (Å²) in [5.41, 5.74) is 0.983. The summed E-state index contributed by atoms with van der Waals surface area (Å²) in [4.78, 5) is 14.8. The summed E-state index contributed by atoms with van der Waals surface area (Å²) in [6.07, 6.45) is 2.30. The second-order valence-electron chi connectivity index (χ2n) is 3.50. The van der Waals surface area contributed by atoms with E-state index in [2.05, 4.69) is 4.98 Å². The van der Waals surface area contributed by atoms with Gasteiger partial charge in [0.15, 0.2) is 5.69 Å². The van der Waals surface area contributed by atoms with E-state index in [1.165, 1.54) is 0 Å². The predicted molar refractivity (Wildman–Crippen MR) is 46.9 cm³/mol. The van der Waals surface area contributed by atoms with E-state index in [1.807, 2.05) is 18.4 Å². The van der Waals surface area contributed by atoms with E-state index in [-0.39, 0.29) is 5.69 Å². The van der Waals surface area contributed by atoms with E-state index in [1.54, 1.807) is 0 Å². The Morgan fingerprint density at radius 3 is 2.54 bits per heavy atom. The molecular weight excluding hydrogens is 168 g/mol. The molecule has 4 heteroatoms. The predicted octanol–water partition coefficient (Wildman–Crippen LogP) is 1.53. The molecular formula is C9H12N2O2. The summed E-state index contributed by atoms with van der Waals surface area (Å²) >= 11 is 0. The number of aromatic nitrogens is 2. The lowest BCUT2D eigenvalue weighted by Crippen LogP contribution is -2.02. The van der Waals surface area contributed by atoms with E-state index >= 15 is 0 Å². The maximum absolute atomic E-state index is 10.8. The van der Waals surface area contributed by atoms with Crippen molar-refractivity contribution >= 4 is 5.97 Å². The molecule has 0 aromatic carbocycles. The molecule has 1 N–H and O–H groups in total. The molecule has 0 bridgehead atoms. The number of carbonyl (C=O) groups is 1. The van der Waals surface area contributed by atoms with Crippen LogP contribution in [-0.4, -0.2) is 20.6 Å². The van der Waals surface area contributed by atoms with Crippen LogP contribution in [0.3, 0.4) is 0 Å². The summed E-state index contributed by atoms with van der Waals surface area (Å²) in [6, 6.07) is 0.501. The van der Waals surface area contributed by atoms with Gasteiger partial charge in [0.25, 0.3) is 0 Å². The molecule has 0 saturated heterocycles. The lowest BCUT2D eigenvalue weighted by molar-refractivity contribution is 0.0690. The Hall–Kier alpha value is -1.32. The summed E-state index contributed by atoms with van der Waals surface area (Å²) in [5.74, 6) is -0.114. The van der Waals surface area contributed by atoms with Crippen molar-refractivity contribution in [3.63, 3.8) is 0 Å². The highest BCUT2D eigenvalue weighted by molar-refractivity contribution is 5.86. The number of imidazole rings is 1. The molecule has 1 aromatic rings. The van der Waals surface area contributed by atoms with Crippen LogP contribution in [0, 0.1) is 13.8 Å². The average Bonchev–Trinajstić information content (AvgIpc) is 2.80. The van der Waals surface area contributed by atoms with Crippen molar-refractivity contribution in [1.29, 1.82) is 0 Å². The minimum atomic E-state index is -0.931. The minimum Gasteiger partial charge on any atom is -0.476 e. The number of nitrogens with zero attached hydrogens (tertiary/aromatic N) is 2. The third-order valence-electron chi connectivity index (χ3n) is 2.44. The highest BCUT2D eigenvalue weighted by atomic mass is 16.4. The Labute approximate surface area is 76.2 Å². The average molecular weight is 180 g/mol. The molecule has 13 heavy (non-hydrogen) atoms. The number of carboxylic acid groups (broad SMARTS) is 1. The van der Waals surface area contributed by atoms with Crippen molar-refractivity contribution in [3.8, 4) is 0 Å². The number of hydrogen-bond acceptors (Lipinski definition) is 2. The first-order valence-electron chi connectivity index (χ1n) is 4.40. The fourth-order valence-electron chi connectivity index (χ4n) is 1.73.